The van der Waals surface area contributed by atoms with Crippen LogP contribution in [0.25, 0.3) is 0 Å². The second-order valence-corrected chi connectivity index (χ2v) is 11.1. The van der Waals surface area contributed by atoms with E-state index in [4.69, 9.17) is 23.2 Å². The molecule has 0 saturated heterocycles. The zero-order valence-electron chi connectivity index (χ0n) is 18.3. The third-order valence-electron chi connectivity index (χ3n) is 5.85. The summed E-state index contributed by atoms with van der Waals surface area (Å²) in [6.45, 7) is 1.50. The second kappa shape index (κ2) is 11.5. The van der Waals surface area contributed by atoms with Crippen molar-refractivity contribution in [3.05, 3.63) is 63.6 Å². The molecule has 0 unspecified atom stereocenters. The minimum atomic E-state index is -3.94. The predicted molar refractivity (Wildman–Crippen MR) is 129 cm³/mol. The zero-order chi connectivity index (χ0) is 23.1. The van der Waals surface area contributed by atoms with Crippen LogP contribution >= 0.6 is 23.2 Å². The highest BCUT2D eigenvalue weighted by Gasteiger charge is 2.29. The number of rotatable bonds is 7. The van der Waals surface area contributed by atoms with Crippen molar-refractivity contribution in [3.8, 4) is 0 Å². The average Bonchev–Trinajstić information content (AvgIpc) is 2.72. The summed E-state index contributed by atoms with van der Waals surface area (Å²) < 4.78 is 28.1. The molecule has 32 heavy (non-hydrogen) atoms. The maximum atomic E-state index is 13.5. The van der Waals surface area contributed by atoms with Gasteiger partial charge >= 0.3 is 0 Å². The molecule has 1 N–H and O–H groups in total. The third kappa shape index (κ3) is 6.70. The summed E-state index contributed by atoms with van der Waals surface area (Å²) in [6.07, 6.45) is 7.58. The Balaban J connectivity index is 1.84. The summed E-state index contributed by atoms with van der Waals surface area (Å²) in [5.41, 5.74) is 1.43. The lowest BCUT2D eigenvalue weighted by Gasteiger charge is -2.25. The van der Waals surface area contributed by atoms with Gasteiger partial charge < -0.3 is 5.32 Å². The van der Waals surface area contributed by atoms with Crippen LogP contribution in [0.5, 0.6) is 0 Å². The molecule has 0 aliphatic heterocycles. The van der Waals surface area contributed by atoms with E-state index in [0.29, 0.717) is 15.6 Å². The third-order valence-corrected chi connectivity index (χ3v) is 8.36. The summed E-state index contributed by atoms with van der Waals surface area (Å²) in [6, 6.07) is 11.7. The number of benzene rings is 2. The van der Waals surface area contributed by atoms with Gasteiger partial charge in [0.1, 0.15) is 0 Å². The summed E-state index contributed by atoms with van der Waals surface area (Å²) in [7, 11) is -3.94. The van der Waals surface area contributed by atoms with E-state index in [9.17, 15) is 13.2 Å². The van der Waals surface area contributed by atoms with Crippen LogP contribution in [0.3, 0.4) is 0 Å². The fraction of sp³-hybridized carbons (Fsp3) is 0.458. The van der Waals surface area contributed by atoms with E-state index < -0.39 is 10.0 Å². The number of nitrogens with zero attached hydrogens (tertiary/aromatic N) is 1. The predicted octanol–water partition coefficient (Wildman–Crippen LogP) is 5.72. The van der Waals surface area contributed by atoms with Gasteiger partial charge in [-0.05, 0) is 44.0 Å². The number of carbonyl (C=O) groups excluding carboxylic acids is 1. The topological polar surface area (TPSA) is 66.5 Å². The van der Waals surface area contributed by atoms with Crippen LogP contribution < -0.4 is 5.32 Å². The molecule has 1 saturated carbocycles. The highest BCUT2D eigenvalue weighted by molar-refractivity contribution is 7.89. The van der Waals surface area contributed by atoms with Crippen molar-refractivity contribution >= 4 is 39.1 Å². The first-order chi connectivity index (χ1) is 15.3. The van der Waals surface area contributed by atoms with Gasteiger partial charge in [0, 0.05) is 28.2 Å². The molecule has 0 bridgehead atoms. The molecule has 3 rings (SSSR count). The van der Waals surface area contributed by atoms with Crippen molar-refractivity contribution in [3.63, 3.8) is 0 Å². The molecule has 0 spiro atoms. The van der Waals surface area contributed by atoms with Crippen molar-refractivity contribution in [2.75, 3.05) is 6.54 Å². The first kappa shape index (κ1) is 25.0. The first-order valence-electron chi connectivity index (χ1n) is 11.1. The van der Waals surface area contributed by atoms with Gasteiger partial charge in [0.15, 0.2) is 0 Å². The number of amides is 1. The van der Waals surface area contributed by atoms with E-state index in [1.807, 2.05) is 6.92 Å². The van der Waals surface area contributed by atoms with Crippen LogP contribution in [0.15, 0.2) is 47.4 Å². The van der Waals surface area contributed by atoms with Gasteiger partial charge in [-0.3, -0.25) is 4.79 Å². The summed E-state index contributed by atoms with van der Waals surface area (Å²) in [5.74, 6) is -0.311. The number of nitrogens with one attached hydrogen (secondary N) is 1. The molecule has 2 aromatic carbocycles. The molecule has 1 amide bonds. The molecule has 1 aliphatic carbocycles. The Morgan fingerprint density at radius 2 is 1.53 bits per heavy atom. The number of aryl methyl sites for hydroxylation is 1. The molecular formula is C24H30Cl2N2O3S. The van der Waals surface area contributed by atoms with Crippen LogP contribution in [0.1, 0.15) is 56.1 Å². The summed E-state index contributed by atoms with van der Waals surface area (Å²) >= 11 is 12.6. The van der Waals surface area contributed by atoms with Crippen molar-refractivity contribution in [2.24, 2.45) is 0 Å². The number of hydrogen-bond donors (Lipinski definition) is 1. The van der Waals surface area contributed by atoms with E-state index in [-0.39, 0.29) is 29.9 Å². The number of halogens is 2. The van der Waals surface area contributed by atoms with Crippen LogP contribution in [-0.4, -0.2) is 31.2 Å². The number of carbonyl (C=O) groups is 1. The Kier molecular flexibility index (Phi) is 9.00. The Morgan fingerprint density at radius 3 is 2.12 bits per heavy atom. The maximum absolute atomic E-state index is 13.5. The average molecular weight is 497 g/mol. The number of sulfonamides is 1. The van der Waals surface area contributed by atoms with Crippen molar-refractivity contribution in [1.29, 1.82) is 0 Å². The molecule has 174 valence electrons. The smallest absolute Gasteiger partial charge is 0.243 e. The van der Waals surface area contributed by atoms with Crippen LogP contribution in [0.2, 0.25) is 10.0 Å². The standard InChI is InChI=1S/C24H30Cl2N2O3S/c1-18-12-14-20(15-13-18)32(30,31)28(16-21-22(25)10-7-11-23(21)26)17-24(29)27-19-8-5-3-2-4-6-9-19/h7,10-15,19H,2-6,8-9,16-17H2,1H3,(H,27,29). The van der Waals surface area contributed by atoms with Gasteiger partial charge in [-0.2, -0.15) is 4.31 Å². The van der Waals surface area contributed by atoms with E-state index >= 15 is 0 Å². The van der Waals surface area contributed by atoms with E-state index in [0.717, 1.165) is 35.6 Å². The zero-order valence-corrected chi connectivity index (χ0v) is 20.6. The quantitative estimate of drug-likeness (QED) is 0.532. The molecule has 5 nitrogen and oxygen atoms in total. The lowest BCUT2D eigenvalue weighted by molar-refractivity contribution is -0.122. The Morgan fingerprint density at radius 1 is 0.969 bits per heavy atom. The van der Waals surface area contributed by atoms with Gasteiger partial charge in [0.05, 0.1) is 11.4 Å². The Labute approximate surface area is 201 Å². The van der Waals surface area contributed by atoms with Crippen LogP contribution in [0, 0.1) is 6.92 Å². The molecular weight excluding hydrogens is 467 g/mol. The van der Waals surface area contributed by atoms with E-state index in [1.54, 1.807) is 42.5 Å². The molecule has 0 aromatic heterocycles. The van der Waals surface area contributed by atoms with Crippen molar-refractivity contribution in [2.45, 2.75) is 69.4 Å². The SMILES string of the molecule is Cc1ccc(S(=O)(=O)N(CC(=O)NC2CCCCCCC2)Cc2c(Cl)cccc2Cl)cc1. The fourth-order valence-corrected chi connectivity index (χ4v) is 5.86. The minimum absolute atomic E-state index is 0.0793. The first-order valence-corrected chi connectivity index (χ1v) is 13.3. The fourth-order valence-electron chi connectivity index (χ4n) is 3.98. The Hall–Kier alpha value is -1.60. The van der Waals surface area contributed by atoms with Gasteiger partial charge in [-0.15, -0.1) is 0 Å². The molecule has 8 heteroatoms. The minimum Gasteiger partial charge on any atom is -0.352 e. The highest BCUT2D eigenvalue weighted by atomic mass is 35.5. The van der Waals surface area contributed by atoms with Gasteiger partial charge in [-0.25, -0.2) is 8.42 Å². The largest absolute Gasteiger partial charge is 0.352 e. The monoisotopic (exact) mass is 496 g/mol. The molecule has 1 fully saturated rings. The molecule has 0 atom stereocenters. The summed E-state index contributed by atoms with van der Waals surface area (Å²) in [4.78, 5) is 13.1. The van der Waals surface area contributed by atoms with Gasteiger partial charge in [0.2, 0.25) is 15.9 Å². The maximum Gasteiger partial charge on any atom is 0.243 e. The van der Waals surface area contributed by atoms with Crippen molar-refractivity contribution in [1.82, 2.24) is 9.62 Å². The lowest BCUT2D eigenvalue weighted by Crippen LogP contribution is -2.44. The summed E-state index contributed by atoms with van der Waals surface area (Å²) in [5, 5.41) is 3.78. The second-order valence-electron chi connectivity index (χ2n) is 8.40. The highest BCUT2D eigenvalue weighted by Crippen LogP contribution is 2.28. The molecule has 0 radical (unpaired) electrons. The molecule has 1 aliphatic rings. The Bertz CT molecular complexity index is 998. The normalized spacial score (nSPS) is 15.9. The van der Waals surface area contributed by atoms with Crippen LogP contribution in [-0.2, 0) is 21.4 Å². The lowest BCUT2D eigenvalue weighted by atomic mass is 9.97. The number of hydrogen-bond acceptors (Lipinski definition) is 3. The molecule has 0 heterocycles. The van der Waals surface area contributed by atoms with Gasteiger partial charge in [-0.1, -0.05) is 79.1 Å². The van der Waals surface area contributed by atoms with Crippen molar-refractivity contribution < 1.29 is 13.2 Å². The van der Waals surface area contributed by atoms with E-state index in [1.165, 1.54) is 19.3 Å². The van der Waals surface area contributed by atoms with Gasteiger partial charge in [0.25, 0.3) is 0 Å². The van der Waals surface area contributed by atoms with Crippen LogP contribution in [0.4, 0.5) is 0 Å². The molecule has 2 aromatic rings. The van der Waals surface area contributed by atoms with E-state index in [2.05, 4.69) is 5.32 Å².